The molecule has 0 saturated carbocycles. The third-order valence-corrected chi connectivity index (χ3v) is 2.92. The zero-order valence-electron chi connectivity index (χ0n) is 11.9. The van der Waals surface area contributed by atoms with E-state index in [-0.39, 0.29) is 0 Å². The van der Waals surface area contributed by atoms with E-state index in [0.29, 0.717) is 23.8 Å². The molecule has 1 aromatic heterocycles. The third kappa shape index (κ3) is 3.21. The van der Waals surface area contributed by atoms with Crippen LogP contribution in [0.15, 0.2) is 24.7 Å². The van der Waals surface area contributed by atoms with Crippen LogP contribution < -0.4 is 19.5 Å². The first-order valence-electron chi connectivity index (χ1n) is 6.25. The SMILES string of the molecule is COc1cc(CNCc2cnc[nH]2)cc(OC)c1OC. The van der Waals surface area contributed by atoms with Crippen molar-refractivity contribution in [2.45, 2.75) is 13.1 Å². The van der Waals surface area contributed by atoms with E-state index in [0.717, 1.165) is 17.8 Å². The number of hydrogen-bond donors (Lipinski definition) is 2. The van der Waals surface area contributed by atoms with E-state index < -0.39 is 0 Å². The minimum Gasteiger partial charge on any atom is -0.493 e. The van der Waals surface area contributed by atoms with E-state index in [9.17, 15) is 0 Å². The summed E-state index contributed by atoms with van der Waals surface area (Å²) in [5.74, 6) is 1.92. The molecule has 108 valence electrons. The lowest BCUT2D eigenvalue weighted by Gasteiger charge is -2.14. The fraction of sp³-hybridized carbons (Fsp3) is 0.357. The van der Waals surface area contributed by atoms with E-state index in [1.807, 2.05) is 12.1 Å². The van der Waals surface area contributed by atoms with Gasteiger partial charge in [-0.25, -0.2) is 4.98 Å². The second-order valence-corrected chi connectivity index (χ2v) is 4.21. The molecule has 0 bridgehead atoms. The Bertz CT molecular complexity index is 516. The minimum absolute atomic E-state index is 0.604. The fourth-order valence-corrected chi connectivity index (χ4v) is 1.96. The van der Waals surface area contributed by atoms with Crippen molar-refractivity contribution in [3.8, 4) is 17.2 Å². The number of imidazole rings is 1. The summed E-state index contributed by atoms with van der Waals surface area (Å²) in [5, 5.41) is 3.32. The van der Waals surface area contributed by atoms with Crippen LogP contribution in [0.3, 0.4) is 0 Å². The predicted molar refractivity (Wildman–Crippen MR) is 75.2 cm³/mol. The number of aromatic amines is 1. The number of hydrogen-bond acceptors (Lipinski definition) is 5. The highest BCUT2D eigenvalue weighted by atomic mass is 16.5. The lowest BCUT2D eigenvalue weighted by atomic mass is 10.1. The topological polar surface area (TPSA) is 68.4 Å². The van der Waals surface area contributed by atoms with Gasteiger partial charge in [-0.05, 0) is 17.7 Å². The molecule has 1 aromatic carbocycles. The molecule has 2 N–H and O–H groups in total. The quantitative estimate of drug-likeness (QED) is 0.806. The largest absolute Gasteiger partial charge is 0.493 e. The lowest BCUT2D eigenvalue weighted by Crippen LogP contribution is -2.13. The summed E-state index contributed by atoms with van der Waals surface area (Å²) in [6.07, 6.45) is 3.46. The van der Waals surface area contributed by atoms with Gasteiger partial charge in [0.15, 0.2) is 11.5 Å². The van der Waals surface area contributed by atoms with Crippen molar-refractivity contribution in [1.82, 2.24) is 15.3 Å². The molecule has 0 unspecified atom stereocenters. The van der Waals surface area contributed by atoms with Gasteiger partial charge in [0.2, 0.25) is 5.75 Å². The van der Waals surface area contributed by atoms with Gasteiger partial charge in [0.1, 0.15) is 0 Å². The molecular formula is C14H19N3O3. The zero-order chi connectivity index (χ0) is 14.4. The molecule has 0 aliphatic rings. The third-order valence-electron chi connectivity index (χ3n) is 2.92. The molecule has 1 heterocycles. The molecule has 2 rings (SSSR count). The van der Waals surface area contributed by atoms with Crippen LogP contribution in [0.25, 0.3) is 0 Å². The predicted octanol–water partition coefficient (Wildman–Crippen LogP) is 1.73. The average Bonchev–Trinajstić information content (AvgIpc) is 2.99. The number of H-pyrrole nitrogens is 1. The van der Waals surface area contributed by atoms with Crippen molar-refractivity contribution in [3.05, 3.63) is 35.9 Å². The summed E-state index contributed by atoms with van der Waals surface area (Å²) in [6, 6.07) is 3.86. The molecule has 0 atom stereocenters. The number of nitrogens with one attached hydrogen (secondary N) is 2. The maximum atomic E-state index is 5.32. The first-order valence-corrected chi connectivity index (χ1v) is 6.25. The monoisotopic (exact) mass is 277 g/mol. The second kappa shape index (κ2) is 6.81. The Morgan fingerprint density at radius 2 is 1.75 bits per heavy atom. The van der Waals surface area contributed by atoms with Gasteiger partial charge >= 0.3 is 0 Å². The van der Waals surface area contributed by atoms with E-state index in [1.54, 1.807) is 33.9 Å². The Morgan fingerprint density at radius 1 is 1.05 bits per heavy atom. The normalized spacial score (nSPS) is 10.3. The van der Waals surface area contributed by atoms with Gasteiger partial charge in [0.05, 0.1) is 27.7 Å². The second-order valence-electron chi connectivity index (χ2n) is 4.21. The highest BCUT2D eigenvalue weighted by molar-refractivity contribution is 5.53. The van der Waals surface area contributed by atoms with Crippen LogP contribution in [0.5, 0.6) is 17.2 Å². The van der Waals surface area contributed by atoms with Crippen molar-refractivity contribution in [3.63, 3.8) is 0 Å². The van der Waals surface area contributed by atoms with Crippen molar-refractivity contribution < 1.29 is 14.2 Å². The Hall–Kier alpha value is -2.21. The summed E-state index contributed by atoms with van der Waals surface area (Å²) in [6.45, 7) is 1.41. The van der Waals surface area contributed by atoms with Crippen LogP contribution in [0.1, 0.15) is 11.3 Å². The molecule has 20 heavy (non-hydrogen) atoms. The van der Waals surface area contributed by atoms with Gasteiger partial charge in [0, 0.05) is 25.0 Å². The lowest BCUT2D eigenvalue weighted by molar-refractivity contribution is 0.323. The van der Waals surface area contributed by atoms with Crippen molar-refractivity contribution in [1.29, 1.82) is 0 Å². The number of aromatic nitrogens is 2. The Balaban J connectivity index is 2.07. The van der Waals surface area contributed by atoms with Crippen molar-refractivity contribution in [2.24, 2.45) is 0 Å². The number of nitrogens with zero attached hydrogens (tertiary/aromatic N) is 1. The number of rotatable bonds is 7. The molecule has 0 aliphatic heterocycles. The van der Waals surface area contributed by atoms with E-state index in [2.05, 4.69) is 15.3 Å². The molecule has 6 heteroatoms. The molecule has 2 aromatic rings. The van der Waals surface area contributed by atoms with Gasteiger partial charge in [-0.3, -0.25) is 0 Å². The van der Waals surface area contributed by atoms with Gasteiger partial charge in [-0.2, -0.15) is 0 Å². The summed E-state index contributed by atoms with van der Waals surface area (Å²) < 4.78 is 15.9. The van der Waals surface area contributed by atoms with E-state index in [1.165, 1.54) is 0 Å². The Labute approximate surface area is 118 Å². The maximum absolute atomic E-state index is 5.32. The Kier molecular flexibility index (Phi) is 4.84. The maximum Gasteiger partial charge on any atom is 0.203 e. The van der Waals surface area contributed by atoms with Gasteiger partial charge in [-0.1, -0.05) is 0 Å². The summed E-state index contributed by atoms with van der Waals surface area (Å²) >= 11 is 0. The number of ether oxygens (including phenoxy) is 3. The zero-order valence-corrected chi connectivity index (χ0v) is 11.9. The fourth-order valence-electron chi connectivity index (χ4n) is 1.96. The molecule has 0 fully saturated rings. The summed E-state index contributed by atoms with van der Waals surface area (Å²) in [7, 11) is 4.81. The summed E-state index contributed by atoms with van der Waals surface area (Å²) in [4.78, 5) is 7.02. The van der Waals surface area contributed by atoms with Crippen LogP contribution in [-0.2, 0) is 13.1 Å². The van der Waals surface area contributed by atoms with Crippen LogP contribution >= 0.6 is 0 Å². The highest BCUT2D eigenvalue weighted by Crippen LogP contribution is 2.38. The molecule has 0 amide bonds. The average molecular weight is 277 g/mol. The molecule has 0 radical (unpaired) electrons. The Morgan fingerprint density at radius 3 is 2.25 bits per heavy atom. The van der Waals surface area contributed by atoms with Gasteiger partial charge in [0.25, 0.3) is 0 Å². The van der Waals surface area contributed by atoms with E-state index in [4.69, 9.17) is 14.2 Å². The molecular weight excluding hydrogens is 258 g/mol. The van der Waals surface area contributed by atoms with Gasteiger partial charge in [-0.15, -0.1) is 0 Å². The van der Waals surface area contributed by atoms with Crippen LogP contribution in [0, 0.1) is 0 Å². The van der Waals surface area contributed by atoms with Crippen molar-refractivity contribution in [2.75, 3.05) is 21.3 Å². The number of benzene rings is 1. The van der Waals surface area contributed by atoms with Gasteiger partial charge < -0.3 is 24.5 Å². The van der Waals surface area contributed by atoms with Crippen LogP contribution in [0.2, 0.25) is 0 Å². The smallest absolute Gasteiger partial charge is 0.203 e. The summed E-state index contributed by atoms with van der Waals surface area (Å²) in [5.41, 5.74) is 2.09. The molecule has 0 spiro atoms. The van der Waals surface area contributed by atoms with Crippen LogP contribution in [-0.4, -0.2) is 31.3 Å². The molecule has 0 aliphatic carbocycles. The van der Waals surface area contributed by atoms with Crippen LogP contribution in [0.4, 0.5) is 0 Å². The first kappa shape index (κ1) is 14.2. The van der Waals surface area contributed by atoms with Crippen molar-refractivity contribution >= 4 is 0 Å². The molecule has 0 saturated heterocycles. The first-order chi connectivity index (χ1) is 9.78. The molecule has 6 nitrogen and oxygen atoms in total. The van der Waals surface area contributed by atoms with E-state index >= 15 is 0 Å². The minimum atomic E-state index is 0.604. The standard InChI is InChI=1S/C14H19N3O3/c1-18-12-4-10(5-13(19-2)14(12)20-3)6-15-7-11-8-16-9-17-11/h4-5,8-9,15H,6-7H2,1-3H3,(H,16,17). The highest BCUT2D eigenvalue weighted by Gasteiger charge is 2.12. The number of methoxy groups -OCH3 is 3.